The van der Waals surface area contributed by atoms with Crippen LogP contribution in [0, 0.1) is 0 Å². The number of hydrogen-bond donors (Lipinski definition) is 1. The molecule has 0 fully saturated rings. The Kier molecular flexibility index (Phi) is 6.69. The average molecular weight is 490 g/mol. The summed E-state index contributed by atoms with van der Waals surface area (Å²) in [5.74, 6) is 1.63. The fraction of sp³-hybridized carbons (Fsp3) is 0.143. The van der Waals surface area contributed by atoms with Gasteiger partial charge < -0.3 is 14.8 Å². The SMILES string of the molecule is COc1ccc(-c2nnc3ccc(SCC(=O)Nc4cc(Cl)ccc4Cl)nn23)cc1OC. The van der Waals surface area contributed by atoms with Crippen LogP contribution in [0.15, 0.2) is 53.6 Å². The molecule has 32 heavy (non-hydrogen) atoms. The second-order valence-corrected chi connectivity index (χ2v) is 8.34. The first kappa shape index (κ1) is 22.2. The lowest BCUT2D eigenvalue weighted by Gasteiger charge is -2.09. The molecule has 0 saturated heterocycles. The topological polar surface area (TPSA) is 90.6 Å². The van der Waals surface area contributed by atoms with E-state index in [-0.39, 0.29) is 11.7 Å². The predicted molar refractivity (Wildman–Crippen MR) is 125 cm³/mol. The molecule has 0 spiro atoms. The maximum atomic E-state index is 12.4. The summed E-state index contributed by atoms with van der Waals surface area (Å²) in [5, 5.41) is 17.3. The van der Waals surface area contributed by atoms with E-state index in [2.05, 4.69) is 20.6 Å². The quantitative estimate of drug-likeness (QED) is 0.371. The normalized spacial score (nSPS) is 10.9. The number of aromatic nitrogens is 4. The summed E-state index contributed by atoms with van der Waals surface area (Å²) in [6.45, 7) is 0. The van der Waals surface area contributed by atoms with Gasteiger partial charge >= 0.3 is 0 Å². The highest BCUT2D eigenvalue weighted by Crippen LogP contribution is 2.32. The van der Waals surface area contributed by atoms with Crippen molar-refractivity contribution in [1.29, 1.82) is 0 Å². The smallest absolute Gasteiger partial charge is 0.234 e. The summed E-state index contributed by atoms with van der Waals surface area (Å²) < 4.78 is 12.3. The molecule has 0 aliphatic carbocycles. The van der Waals surface area contributed by atoms with Crippen LogP contribution in [0.5, 0.6) is 11.5 Å². The van der Waals surface area contributed by atoms with Crippen LogP contribution in [0.1, 0.15) is 0 Å². The van der Waals surface area contributed by atoms with Gasteiger partial charge in [0.25, 0.3) is 0 Å². The minimum atomic E-state index is -0.232. The Morgan fingerprint density at radius 2 is 1.84 bits per heavy atom. The molecule has 0 unspecified atom stereocenters. The Hall–Kier alpha value is -3.01. The molecule has 0 aliphatic rings. The van der Waals surface area contributed by atoms with Crippen LogP contribution >= 0.6 is 35.0 Å². The molecule has 0 saturated carbocycles. The molecule has 2 heterocycles. The zero-order valence-electron chi connectivity index (χ0n) is 17.0. The highest BCUT2D eigenvalue weighted by atomic mass is 35.5. The molecule has 11 heteroatoms. The molecule has 1 N–H and O–H groups in total. The predicted octanol–water partition coefficient (Wildman–Crippen LogP) is 4.85. The van der Waals surface area contributed by atoms with Gasteiger partial charge in [0.05, 0.1) is 30.7 Å². The van der Waals surface area contributed by atoms with Gasteiger partial charge in [-0.25, -0.2) is 0 Å². The number of methoxy groups -OCH3 is 2. The van der Waals surface area contributed by atoms with Crippen molar-refractivity contribution < 1.29 is 14.3 Å². The lowest BCUT2D eigenvalue weighted by Crippen LogP contribution is -2.14. The molecular weight excluding hydrogens is 473 g/mol. The van der Waals surface area contributed by atoms with E-state index in [4.69, 9.17) is 32.7 Å². The zero-order valence-corrected chi connectivity index (χ0v) is 19.3. The number of amides is 1. The van der Waals surface area contributed by atoms with Gasteiger partial charge in [-0.1, -0.05) is 35.0 Å². The monoisotopic (exact) mass is 489 g/mol. The lowest BCUT2D eigenvalue weighted by molar-refractivity contribution is -0.113. The van der Waals surface area contributed by atoms with Crippen molar-refractivity contribution in [2.24, 2.45) is 0 Å². The van der Waals surface area contributed by atoms with E-state index < -0.39 is 0 Å². The van der Waals surface area contributed by atoms with E-state index in [1.807, 2.05) is 6.07 Å². The maximum absolute atomic E-state index is 12.4. The fourth-order valence-electron chi connectivity index (χ4n) is 2.92. The van der Waals surface area contributed by atoms with Crippen LogP contribution in [0.25, 0.3) is 17.0 Å². The summed E-state index contributed by atoms with van der Waals surface area (Å²) in [7, 11) is 3.14. The Bertz CT molecular complexity index is 1300. The van der Waals surface area contributed by atoms with Crippen LogP contribution in [-0.4, -0.2) is 45.7 Å². The number of nitrogens with one attached hydrogen (secondary N) is 1. The number of carbonyl (C=O) groups is 1. The standard InChI is InChI=1S/C21H17Cl2N5O3S/c1-30-16-6-3-12(9-17(16)31-2)21-26-25-18-7-8-20(27-28(18)21)32-11-19(29)24-15-10-13(22)4-5-14(15)23/h3-10H,11H2,1-2H3,(H,24,29). The van der Waals surface area contributed by atoms with Crippen LogP contribution in [-0.2, 0) is 4.79 Å². The number of carbonyl (C=O) groups excluding carboxylic acids is 1. The largest absolute Gasteiger partial charge is 0.493 e. The number of thioether (sulfide) groups is 1. The van der Waals surface area contributed by atoms with Gasteiger partial charge in [0.1, 0.15) is 5.03 Å². The third-order valence-electron chi connectivity index (χ3n) is 4.43. The summed E-state index contributed by atoms with van der Waals surface area (Å²) in [4.78, 5) is 12.4. The van der Waals surface area contributed by atoms with Crippen molar-refractivity contribution in [3.8, 4) is 22.9 Å². The van der Waals surface area contributed by atoms with Gasteiger partial charge in [-0.2, -0.15) is 9.61 Å². The second kappa shape index (κ2) is 9.64. The third-order valence-corrected chi connectivity index (χ3v) is 5.92. The van der Waals surface area contributed by atoms with Gasteiger partial charge in [0.2, 0.25) is 5.91 Å². The van der Waals surface area contributed by atoms with Gasteiger partial charge in [0, 0.05) is 10.6 Å². The molecule has 2 aromatic heterocycles. The van der Waals surface area contributed by atoms with Gasteiger partial charge in [-0.15, -0.1) is 10.2 Å². The van der Waals surface area contributed by atoms with Crippen LogP contribution < -0.4 is 14.8 Å². The number of fused-ring (bicyclic) bond motifs is 1. The molecule has 8 nitrogen and oxygen atoms in total. The zero-order chi connectivity index (χ0) is 22.7. The van der Waals surface area contributed by atoms with Gasteiger partial charge in [-0.05, 0) is 48.5 Å². The van der Waals surface area contributed by atoms with E-state index in [1.54, 1.807) is 61.2 Å². The van der Waals surface area contributed by atoms with E-state index in [9.17, 15) is 4.79 Å². The van der Waals surface area contributed by atoms with Gasteiger partial charge in [0.15, 0.2) is 23.0 Å². The van der Waals surface area contributed by atoms with E-state index in [0.29, 0.717) is 43.7 Å². The summed E-state index contributed by atoms with van der Waals surface area (Å²) in [6, 6.07) is 13.9. The summed E-state index contributed by atoms with van der Waals surface area (Å²) in [5.41, 5.74) is 1.80. The molecule has 0 atom stereocenters. The Morgan fingerprint density at radius 1 is 1.03 bits per heavy atom. The fourth-order valence-corrected chi connectivity index (χ4v) is 3.92. The molecular formula is C21H17Cl2N5O3S. The molecule has 2 aromatic carbocycles. The number of hydrogen-bond acceptors (Lipinski definition) is 7. The number of ether oxygens (including phenoxy) is 2. The van der Waals surface area contributed by atoms with Crippen molar-refractivity contribution in [3.05, 3.63) is 58.6 Å². The van der Waals surface area contributed by atoms with Crippen molar-refractivity contribution in [3.63, 3.8) is 0 Å². The highest BCUT2D eigenvalue weighted by Gasteiger charge is 2.14. The summed E-state index contributed by atoms with van der Waals surface area (Å²) >= 11 is 13.3. The first-order valence-corrected chi connectivity index (χ1v) is 11.0. The molecule has 4 rings (SSSR count). The summed E-state index contributed by atoms with van der Waals surface area (Å²) in [6.07, 6.45) is 0. The number of rotatable bonds is 7. The van der Waals surface area contributed by atoms with Crippen LogP contribution in [0.4, 0.5) is 5.69 Å². The van der Waals surface area contributed by atoms with E-state index in [0.717, 1.165) is 5.56 Å². The maximum Gasteiger partial charge on any atom is 0.234 e. The molecule has 0 aliphatic heterocycles. The second-order valence-electron chi connectivity index (χ2n) is 6.50. The Labute approximate surface area is 197 Å². The Balaban J connectivity index is 1.53. The minimum absolute atomic E-state index is 0.134. The first-order valence-electron chi connectivity index (χ1n) is 9.31. The number of anilines is 1. The lowest BCUT2D eigenvalue weighted by atomic mass is 10.2. The highest BCUT2D eigenvalue weighted by molar-refractivity contribution is 7.99. The molecule has 164 valence electrons. The number of benzene rings is 2. The molecule has 1 amide bonds. The average Bonchev–Trinajstić information content (AvgIpc) is 3.23. The molecule has 0 bridgehead atoms. The Morgan fingerprint density at radius 3 is 2.62 bits per heavy atom. The minimum Gasteiger partial charge on any atom is -0.493 e. The number of halogens is 2. The third kappa shape index (κ3) is 4.74. The number of nitrogens with zero attached hydrogens (tertiary/aromatic N) is 4. The van der Waals surface area contributed by atoms with Crippen LogP contribution in [0.2, 0.25) is 10.0 Å². The van der Waals surface area contributed by atoms with E-state index >= 15 is 0 Å². The van der Waals surface area contributed by atoms with Gasteiger partial charge in [-0.3, -0.25) is 4.79 Å². The van der Waals surface area contributed by atoms with Crippen molar-refractivity contribution in [2.45, 2.75) is 5.03 Å². The van der Waals surface area contributed by atoms with Crippen molar-refractivity contribution in [2.75, 3.05) is 25.3 Å². The first-order chi connectivity index (χ1) is 15.5. The van der Waals surface area contributed by atoms with E-state index in [1.165, 1.54) is 11.8 Å². The molecule has 4 aromatic rings. The van der Waals surface area contributed by atoms with Crippen molar-refractivity contribution >= 4 is 52.2 Å². The van der Waals surface area contributed by atoms with Crippen molar-refractivity contribution in [1.82, 2.24) is 19.8 Å². The van der Waals surface area contributed by atoms with Crippen LogP contribution in [0.3, 0.4) is 0 Å². The molecule has 0 radical (unpaired) electrons.